The Bertz CT molecular complexity index is 1640. The fourth-order valence-corrected chi connectivity index (χ4v) is 5.48. The Morgan fingerprint density at radius 2 is 1.67 bits per heavy atom. The number of piperazine rings is 1. The van der Waals surface area contributed by atoms with Crippen LogP contribution in [-0.4, -0.2) is 114 Å². The zero-order valence-electron chi connectivity index (χ0n) is 23.9. The van der Waals surface area contributed by atoms with Crippen molar-refractivity contribution in [1.82, 2.24) is 54.5 Å². The number of morpholine rings is 1. The van der Waals surface area contributed by atoms with Crippen LogP contribution in [0.15, 0.2) is 55.2 Å². The molecule has 42 heavy (non-hydrogen) atoms. The van der Waals surface area contributed by atoms with E-state index in [2.05, 4.69) is 66.4 Å². The third-order valence-corrected chi connectivity index (χ3v) is 7.95. The molecule has 216 valence electrons. The minimum absolute atomic E-state index is 0.122. The molecule has 7 rings (SSSR count). The van der Waals surface area contributed by atoms with Crippen molar-refractivity contribution in [3.8, 4) is 22.4 Å². The minimum atomic E-state index is -0.122. The predicted octanol–water partition coefficient (Wildman–Crippen LogP) is 1.73. The van der Waals surface area contributed by atoms with E-state index in [0.29, 0.717) is 36.9 Å². The number of rotatable bonds is 7. The van der Waals surface area contributed by atoms with Crippen LogP contribution in [0.25, 0.3) is 33.7 Å². The molecular formula is C29H34N12O. The van der Waals surface area contributed by atoms with Gasteiger partial charge >= 0.3 is 0 Å². The maximum Gasteiger partial charge on any atom is 0.225 e. The normalized spacial score (nSPS) is 18.6. The number of fused-ring (bicyclic) bond motifs is 1. The summed E-state index contributed by atoms with van der Waals surface area (Å²) in [5, 5.41) is 12.7. The van der Waals surface area contributed by atoms with E-state index >= 15 is 0 Å². The molecule has 0 spiro atoms. The lowest BCUT2D eigenvalue weighted by molar-refractivity contribution is 0.0273. The lowest BCUT2D eigenvalue weighted by Gasteiger charge is -2.32. The van der Waals surface area contributed by atoms with Gasteiger partial charge in [-0.2, -0.15) is 5.10 Å². The highest BCUT2D eigenvalue weighted by Gasteiger charge is 2.24. The molecule has 2 saturated heterocycles. The van der Waals surface area contributed by atoms with Gasteiger partial charge in [0.25, 0.3) is 0 Å². The molecule has 13 heteroatoms. The van der Waals surface area contributed by atoms with Crippen molar-refractivity contribution in [3.63, 3.8) is 0 Å². The highest BCUT2D eigenvalue weighted by Crippen LogP contribution is 2.22. The molecule has 4 aromatic heterocycles. The Morgan fingerprint density at radius 3 is 2.43 bits per heavy atom. The molecule has 6 heterocycles. The van der Waals surface area contributed by atoms with Gasteiger partial charge < -0.3 is 14.5 Å². The van der Waals surface area contributed by atoms with E-state index in [-0.39, 0.29) is 6.10 Å². The maximum absolute atomic E-state index is 6.08. The molecule has 1 atom stereocenters. The number of nitrogens with zero attached hydrogens (tertiary/aromatic N) is 12. The summed E-state index contributed by atoms with van der Waals surface area (Å²) in [6, 6.07) is 8.76. The average Bonchev–Trinajstić information content (AvgIpc) is 3.64. The second-order valence-corrected chi connectivity index (χ2v) is 11.1. The summed E-state index contributed by atoms with van der Waals surface area (Å²) >= 11 is 0. The van der Waals surface area contributed by atoms with Crippen molar-refractivity contribution in [2.45, 2.75) is 19.2 Å². The first-order valence-electron chi connectivity index (χ1n) is 14.3. The molecule has 1 unspecified atom stereocenters. The van der Waals surface area contributed by atoms with Crippen molar-refractivity contribution >= 4 is 17.2 Å². The molecule has 0 radical (unpaired) electrons. The second-order valence-electron chi connectivity index (χ2n) is 11.1. The van der Waals surface area contributed by atoms with Gasteiger partial charge in [-0.25, -0.2) is 24.6 Å². The van der Waals surface area contributed by atoms with E-state index < -0.39 is 0 Å². The second kappa shape index (κ2) is 11.5. The Hall–Kier alpha value is -4.33. The van der Waals surface area contributed by atoms with Crippen molar-refractivity contribution < 1.29 is 4.74 Å². The largest absolute Gasteiger partial charge is 0.373 e. The number of aromatic nitrogens is 9. The number of hydrogen-bond donors (Lipinski definition) is 0. The summed E-state index contributed by atoms with van der Waals surface area (Å²) in [6.45, 7) is 7.91. The number of aryl methyl sites for hydroxylation is 1. The molecule has 0 amide bonds. The van der Waals surface area contributed by atoms with Crippen LogP contribution in [0, 0.1) is 0 Å². The third kappa shape index (κ3) is 5.71. The highest BCUT2D eigenvalue weighted by atomic mass is 16.5. The summed E-state index contributed by atoms with van der Waals surface area (Å²) in [7, 11) is 4.06. The van der Waals surface area contributed by atoms with Crippen molar-refractivity contribution in [2.24, 2.45) is 7.05 Å². The number of ether oxygens (including phenoxy) is 1. The maximum atomic E-state index is 6.08. The first-order valence-corrected chi connectivity index (χ1v) is 14.3. The van der Waals surface area contributed by atoms with Gasteiger partial charge in [0.05, 0.1) is 37.3 Å². The van der Waals surface area contributed by atoms with Crippen molar-refractivity contribution in [1.29, 1.82) is 0 Å². The monoisotopic (exact) mass is 566 g/mol. The van der Waals surface area contributed by atoms with E-state index in [0.717, 1.165) is 61.7 Å². The van der Waals surface area contributed by atoms with E-state index in [4.69, 9.17) is 19.7 Å². The van der Waals surface area contributed by atoms with Gasteiger partial charge in [-0.05, 0) is 18.2 Å². The molecule has 0 N–H and O–H groups in total. The number of benzene rings is 1. The van der Waals surface area contributed by atoms with Gasteiger partial charge in [-0.1, -0.05) is 29.5 Å². The lowest BCUT2D eigenvalue weighted by Crippen LogP contribution is -2.45. The summed E-state index contributed by atoms with van der Waals surface area (Å²) in [5.41, 5.74) is 6.19. The number of hydrogen-bond acceptors (Lipinski definition) is 11. The van der Waals surface area contributed by atoms with Gasteiger partial charge in [-0.15, -0.1) is 5.10 Å². The van der Waals surface area contributed by atoms with Crippen LogP contribution in [0.3, 0.4) is 0 Å². The zero-order valence-corrected chi connectivity index (χ0v) is 23.9. The van der Waals surface area contributed by atoms with E-state index in [1.165, 1.54) is 5.56 Å². The van der Waals surface area contributed by atoms with Crippen molar-refractivity contribution in [3.05, 3.63) is 60.8 Å². The number of anilines is 1. The van der Waals surface area contributed by atoms with Crippen molar-refractivity contribution in [2.75, 3.05) is 57.8 Å². The van der Waals surface area contributed by atoms with E-state index in [1.807, 2.05) is 25.6 Å². The van der Waals surface area contributed by atoms with E-state index in [1.54, 1.807) is 21.8 Å². The Labute approximate surface area is 243 Å². The molecule has 0 aliphatic carbocycles. The average molecular weight is 567 g/mol. The SMILES string of the molecule is CN1CCN(Cc2ccc(-c3cnc(N4CCOC(Cn5nnc6ncc(-c7cnn(C)c7)nc65)C4)nc3)cc2)CC1. The van der Waals surface area contributed by atoms with Crippen LogP contribution >= 0.6 is 0 Å². The molecule has 0 saturated carbocycles. The van der Waals surface area contributed by atoms with Crippen LogP contribution in [0.4, 0.5) is 5.95 Å². The van der Waals surface area contributed by atoms with Gasteiger partial charge in [-0.3, -0.25) is 9.58 Å². The molecule has 0 bridgehead atoms. The highest BCUT2D eigenvalue weighted by molar-refractivity contribution is 5.69. The predicted molar refractivity (Wildman–Crippen MR) is 158 cm³/mol. The standard InChI is InChI=1S/C29H34N12O/c1-37-7-9-39(10-8-37)17-21-3-5-22(6-4-21)23-13-31-29(32-14-23)40-11-12-42-25(19-40)20-41-28-27(35-36-41)30-16-26(34-28)24-15-33-38(2)18-24/h3-6,13-16,18,25H,7-12,17,19-20H2,1-2H3. The fourth-order valence-electron chi connectivity index (χ4n) is 5.48. The Balaban J connectivity index is 0.994. The van der Waals surface area contributed by atoms with Crippen LogP contribution < -0.4 is 4.90 Å². The molecule has 1 aromatic carbocycles. The Morgan fingerprint density at radius 1 is 0.857 bits per heavy atom. The quantitative estimate of drug-likeness (QED) is 0.287. The molecule has 5 aromatic rings. The Kier molecular flexibility index (Phi) is 7.28. The molecule has 2 aliphatic heterocycles. The minimum Gasteiger partial charge on any atom is -0.373 e. The van der Waals surface area contributed by atoms with Gasteiger partial charge in [0.1, 0.15) is 0 Å². The summed E-state index contributed by atoms with van der Waals surface area (Å²) in [5.74, 6) is 0.695. The first-order chi connectivity index (χ1) is 20.6. The van der Waals surface area contributed by atoms with Gasteiger partial charge in [0.2, 0.25) is 11.6 Å². The van der Waals surface area contributed by atoms with Crippen LogP contribution in [0.1, 0.15) is 5.56 Å². The van der Waals surface area contributed by atoms with E-state index in [9.17, 15) is 0 Å². The lowest BCUT2D eigenvalue weighted by atomic mass is 10.1. The summed E-state index contributed by atoms with van der Waals surface area (Å²) in [4.78, 5) is 25.7. The zero-order chi connectivity index (χ0) is 28.5. The molecular weight excluding hydrogens is 532 g/mol. The summed E-state index contributed by atoms with van der Waals surface area (Å²) < 4.78 is 9.58. The summed E-state index contributed by atoms with van der Waals surface area (Å²) in [6.07, 6.45) is 9.06. The number of likely N-dealkylation sites (N-methyl/N-ethyl adjacent to an activating group) is 1. The van der Waals surface area contributed by atoms with Crippen LogP contribution in [0.5, 0.6) is 0 Å². The molecule has 13 nitrogen and oxygen atoms in total. The molecule has 2 fully saturated rings. The smallest absolute Gasteiger partial charge is 0.225 e. The molecule has 2 aliphatic rings. The van der Waals surface area contributed by atoms with Crippen LogP contribution in [0.2, 0.25) is 0 Å². The fraction of sp³-hybridized carbons (Fsp3) is 0.414. The van der Waals surface area contributed by atoms with Crippen LogP contribution in [-0.2, 0) is 24.9 Å². The van der Waals surface area contributed by atoms with Gasteiger partial charge in [0.15, 0.2) is 5.65 Å². The van der Waals surface area contributed by atoms with Gasteiger partial charge in [0, 0.05) is 82.6 Å². The topological polar surface area (TPSA) is 119 Å². The third-order valence-electron chi connectivity index (χ3n) is 7.95. The first kappa shape index (κ1) is 26.6.